The van der Waals surface area contributed by atoms with E-state index in [1.807, 2.05) is 18.2 Å². The number of amides is 1. The van der Waals surface area contributed by atoms with Crippen LogP contribution < -0.4 is 19.5 Å². The minimum absolute atomic E-state index is 0.214. The van der Waals surface area contributed by atoms with E-state index in [2.05, 4.69) is 12.2 Å². The first kappa shape index (κ1) is 20.7. The second kappa shape index (κ2) is 9.43. The molecule has 0 radical (unpaired) electrons. The topological polar surface area (TPSA) is 69.7 Å². The van der Waals surface area contributed by atoms with Crippen LogP contribution in [0.2, 0.25) is 0 Å². The Hall–Kier alpha value is -3.06. The van der Waals surface area contributed by atoms with E-state index >= 15 is 0 Å². The minimum atomic E-state index is -0.214. The van der Waals surface area contributed by atoms with Crippen LogP contribution in [0.5, 0.6) is 17.2 Å². The number of nitrogens with one attached hydrogen (secondary N) is 1. The number of carbonyl (C=O) groups excluding carboxylic acids is 1. The molecule has 2 aromatic carbocycles. The Morgan fingerprint density at radius 2 is 1.69 bits per heavy atom. The van der Waals surface area contributed by atoms with Crippen molar-refractivity contribution in [2.75, 3.05) is 26.6 Å². The van der Waals surface area contributed by atoms with Gasteiger partial charge in [0.25, 0.3) is 5.91 Å². The van der Waals surface area contributed by atoms with Gasteiger partial charge in [-0.05, 0) is 48.9 Å². The third kappa shape index (κ3) is 4.68. The average molecular weight is 413 g/mol. The molecule has 0 spiro atoms. The van der Waals surface area contributed by atoms with Crippen LogP contribution in [0.4, 0.5) is 5.13 Å². The van der Waals surface area contributed by atoms with Gasteiger partial charge < -0.3 is 14.2 Å². The Balaban J connectivity index is 1.93. The zero-order valence-electron chi connectivity index (χ0n) is 16.9. The van der Waals surface area contributed by atoms with Crippen molar-refractivity contribution in [1.82, 2.24) is 4.98 Å². The van der Waals surface area contributed by atoms with E-state index in [1.54, 1.807) is 45.6 Å². The van der Waals surface area contributed by atoms with Gasteiger partial charge in [-0.15, -0.1) is 11.3 Å². The molecule has 0 saturated heterocycles. The molecule has 0 saturated carbocycles. The predicted octanol–water partition coefficient (Wildman–Crippen LogP) is 5.04. The standard InChI is InChI=1S/C22H24N2O4S/c1-5-6-19-20(17-13-16(27-3)11-12-18(17)28-4)23-22(29-19)24-21(25)14-7-9-15(26-2)10-8-14/h7-13H,5-6H2,1-4H3,(H,23,24,25). The van der Waals surface area contributed by atoms with Crippen molar-refractivity contribution in [1.29, 1.82) is 0 Å². The van der Waals surface area contributed by atoms with Gasteiger partial charge >= 0.3 is 0 Å². The number of aromatic nitrogens is 1. The van der Waals surface area contributed by atoms with Gasteiger partial charge in [-0.25, -0.2) is 4.98 Å². The fraction of sp³-hybridized carbons (Fsp3) is 0.273. The Bertz CT molecular complexity index is 983. The number of rotatable bonds is 8. The molecule has 1 amide bonds. The van der Waals surface area contributed by atoms with Crippen molar-refractivity contribution in [3.63, 3.8) is 0 Å². The van der Waals surface area contributed by atoms with Crippen molar-refractivity contribution in [3.05, 3.63) is 52.9 Å². The van der Waals surface area contributed by atoms with Gasteiger partial charge in [0.05, 0.1) is 27.0 Å². The lowest BCUT2D eigenvalue weighted by Gasteiger charge is -2.10. The molecule has 7 heteroatoms. The molecule has 152 valence electrons. The molecule has 0 fully saturated rings. The van der Waals surface area contributed by atoms with Crippen molar-refractivity contribution in [3.8, 4) is 28.5 Å². The monoisotopic (exact) mass is 412 g/mol. The number of carbonyl (C=O) groups is 1. The molecule has 0 unspecified atom stereocenters. The molecule has 0 aliphatic rings. The van der Waals surface area contributed by atoms with Gasteiger partial charge in [-0.2, -0.15) is 0 Å². The predicted molar refractivity (Wildman–Crippen MR) is 116 cm³/mol. The van der Waals surface area contributed by atoms with Gasteiger partial charge in [-0.1, -0.05) is 13.3 Å². The van der Waals surface area contributed by atoms with Gasteiger partial charge in [0.1, 0.15) is 17.2 Å². The third-order valence-electron chi connectivity index (χ3n) is 4.41. The molecule has 0 aliphatic carbocycles. The first-order chi connectivity index (χ1) is 14.1. The van der Waals surface area contributed by atoms with Crippen LogP contribution in [0.25, 0.3) is 11.3 Å². The lowest BCUT2D eigenvalue weighted by atomic mass is 10.1. The summed E-state index contributed by atoms with van der Waals surface area (Å²) in [5.74, 6) is 1.92. The van der Waals surface area contributed by atoms with Crippen LogP contribution in [-0.2, 0) is 6.42 Å². The molecule has 3 rings (SSSR count). The van der Waals surface area contributed by atoms with E-state index in [0.717, 1.165) is 34.7 Å². The van der Waals surface area contributed by atoms with Gasteiger partial charge in [0.15, 0.2) is 5.13 Å². The summed E-state index contributed by atoms with van der Waals surface area (Å²) >= 11 is 1.48. The summed E-state index contributed by atoms with van der Waals surface area (Å²) in [6.07, 6.45) is 1.82. The number of anilines is 1. The molecule has 29 heavy (non-hydrogen) atoms. The maximum absolute atomic E-state index is 12.6. The Labute approximate surface area is 174 Å². The molecular formula is C22H24N2O4S. The number of aryl methyl sites for hydroxylation is 1. The van der Waals surface area contributed by atoms with E-state index in [-0.39, 0.29) is 5.91 Å². The van der Waals surface area contributed by atoms with Crippen LogP contribution in [0, 0.1) is 0 Å². The molecule has 1 heterocycles. The highest BCUT2D eigenvalue weighted by Crippen LogP contribution is 2.39. The quantitative estimate of drug-likeness (QED) is 0.561. The van der Waals surface area contributed by atoms with Gasteiger partial charge in [0, 0.05) is 16.0 Å². The van der Waals surface area contributed by atoms with E-state index < -0.39 is 0 Å². The Kier molecular flexibility index (Phi) is 6.72. The summed E-state index contributed by atoms with van der Waals surface area (Å²) in [4.78, 5) is 18.4. The molecule has 6 nitrogen and oxygen atoms in total. The van der Waals surface area contributed by atoms with Crippen LogP contribution >= 0.6 is 11.3 Å². The highest BCUT2D eigenvalue weighted by atomic mass is 32.1. The van der Waals surface area contributed by atoms with E-state index in [0.29, 0.717) is 22.2 Å². The molecular weight excluding hydrogens is 388 g/mol. The first-order valence-corrected chi connectivity index (χ1v) is 10.1. The third-order valence-corrected chi connectivity index (χ3v) is 5.44. The van der Waals surface area contributed by atoms with E-state index in [9.17, 15) is 4.79 Å². The maximum atomic E-state index is 12.6. The number of methoxy groups -OCH3 is 3. The smallest absolute Gasteiger partial charge is 0.257 e. The highest BCUT2D eigenvalue weighted by Gasteiger charge is 2.19. The summed E-state index contributed by atoms with van der Waals surface area (Å²) in [6.45, 7) is 2.11. The SMILES string of the molecule is CCCc1sc(NC(=O)c2ccc(OC)cc2)nc1-c1cc(OC)ccc1OC. The number of benzene rings is 2. The zero-order valence-corrected chi connectivity index (χ0v) is 17.8. The first-order valence-electron chi connectivity index (χ1n) is 9.27. The van der Waals surface area contributed by atoms with E-state index in [4.69, 9.17) is 19.2 Å². The summed E-state index contributed by atoms with van der Waals surface area (Å²) in [6, 6.07) is 12.6. The van der Waals surface area contributed by atoms with E-state index in [1.165, 1.54) is 11.3 Å². The molecule has 1 aromatic heterocycles. The number of nitrogens with zero attached hydrogens (tertiary/aromatic N) is 1. The molecule has 1 N–H and O–H groups in total. The summed E-state index contributed by atoms with van der Waals surface area (Å²) in [5.41, 5.74) is 2.19. The lowest BCUT2D eigenvalue weighted by Crippen LogP contribution is -2.11. The van der Waals surface area contributed by atoms with Gasteiger partial charge in [0.2, 0.25) is 0 Å². The van der Waals surface area contributed by atoms with Crippen molar-refractivity contribution in [2.24, 2.45) is 0 Å². The second-order valence-electron chi connectivity index (χ2n) is 6.29. The number of hydrogen-bond donors (Lipinski definition) is 1. The molecule has 0 aliphatic heterocycles. The molecule has 3 aromatic rings. The Morgan fingerprint density at radius 3 is 2.31 bits per heavy atom. The van der Waals surface area contributed by atoms with Crippen LogP contribution in [0.15, 0.2) is 42.5 Å². The minimum Gasteiger partial charge on any atom is -0.497 e. The normalized spacial score (nSPS) is 10.5. The molecule has 0 bridgehead atoms. The summed E-state index contributed by atoms with van der Waals surface area (Å²) in [7, 11) is 4.85. The summed E-state index contributed by atoms with van der Waals surface area (Å²) in [5, 5.41) is 3.46. The average Bonchev–Trinajstić information content (AvgIpc) is 3.15. The number of hydrogen-bond acceptors (Lipinski definition) is 6. The fourth-order valence-electron chi connectivity index (χ4n) is 2.92. The highest BCUT2D eigenvalue weighted by molar-refractivity contribution is 7.16. The Morgan fingerprint density at radius 1 is 1.00 bits per heavy atom. The number of ether oxygens (including phenoxy) is 3. The van der Waals surface area contributed by atoms with Crippen molar-refractivity contribution in [2.45, 2.75) is 19.8 Å². The van der Waals surface area contributed by atoms with Crippen LogP contribution in [0.1, 0.15) is 28.6 Å². The second-order valence-corrected chi connectivity index (χ2v) is 7.37. The molecule has 0 atom stereocenters. The zero-order chi connectivity index (χ0) is 20.8. The van der Waals surface area contributed by atoms with Crippen molar-refractivity contribution < 1.29 is 19.0 Å². The lowest BCUT2D eigenvalue weighted by molar-refractivity contribution is 0.102. The maximum Gasteiger partial charge on any atom is 0.257 e. The number of thiazole rings is 1. The summed E-state index contributed by atoms with van der Waals surface area (Å²) < 4.78 is 16.0. The fourth-order valence-corrected chi connectivity index (χ4v) is 4.00. The van der Waals surface area contributed by atoms with Crippen LogP contribution in [0.3, 0.4) is 0 Å². The van der Waals surface area contributed by atoms with Crippen LogP contribution in [-0.4, -0.2) is 32.2 Å². The van der Waals surface area contributed by atoms with Crippen molar-refractivity contribution >= 4 is 22.4 Å². The van der Waals surface area contributed by atoms with Gasteiger partial charge in [-0.3, -0.25) is 10.1 Å². The largest absolute Gasteiger partial charge is 0.497 e.